The summed E-state index contributed by atoms with van der Waals surface area (Å²) in [7, 11) is 0. The van der Waals surface area contributed by atoms with Crippen LogP contribution in [-0.2, 0) is 6.54 Å². The molecule has 1 heterocycles. The molecule has 14 heavy (non-hydrogen) atoms. The van der Waals surface area contributed by atoms with Gasteiger partial charge in [-0.2, -0.15) is 11.8 Å². The monoisotopic (exact) mass is 228 g/mol. The number of nitrogens with two attached hydrogens (primary N) is 1. The molecule has 0 aromatic carbocycles. The Kier molecular flexibility index (Phi) is 5.04. The summed E-state index contributed by atoms with van der Waals surface area (Å²) < 4.78 is 2.12. The Labute approximate surface area is 94.9 Å². The minimum Gasteiger partial charge on any atom is -0.388 e. The molecule has 0 spiro atoms. The third-order valence-electron chi connectivity index (χ3n) is 1.97. The molecule has 1 aromatic heterocycles. The smallest absolute Gasteiger partial charge is 0.120 e. The lowest BCUT2D eigenvalue weighted by Crippen LogP contribution is -2.15. The normalized spacial score (nSPS) is 10.4. The summed E-state index contributed by atoms with van der Waals surface area (Å²) in [6.07, 6.45) is 3.20. The van der Waals surface area contributed by atoms with Crippen LogP contribution in [0.25, 0.3) is 0 Å². The van der Waals surface area contributed by atoms with E-state index in [0.717, 1.165) is 12.2 Å². The van der Waals surface area contributed by atoms with Crippen molar-refractivity contribution in [3.8, 4) is 0 Å². The second-order valence-corrected chi connectivity index (χ2v) is 4.84. The number of thiocarbonyl (C=S) groups is 1. The Morgan fingerprint density at radius 2 is 2.43 bits per heavy atom. The van der Waals surface area contributed by atoms with Gasteiger partial charge < -0.3 is 10.3 Å². The van der Waals surface area contributed by atoms with Gasteiger partial charge in [-0.15, -0.1) is 0 Å². The average Bonchev–Trinajstić information content (AvgIpc) is 2.60. The molecule has 2 N–H and O–H groups in total. The van der Waals surface area contributed by atoms with Gasteiger partial charge in [0.15, 0.2) is 0 Å². The molecule has 1 rings (SSSR count). The Balaban J connectivity index is 2.42. The van der Waals surface area contributed by atoms with Gasteiger partial charge in [-0.3, -0.25) is 0 Å². The first kappa shape index (κ1) is 11.6. The number of rotatable bonds is 6. The van der Waals surface area contributed by atoms with E-state index in [1.165, 1.54) is 17.9 Å². The minimum atomic E-state index is 0.484. The Bertz CT molecular complexity index is 294. The fourth-order valence-corrected chi connectivity index (χ4v) is 2.12. The van der Waals surface area contributed by atoms with E-state index in [9.17, 15) is 0 Å². The first-order valence-electron chi connectivity index (χ1n) is 4.78. The molecule has 0 radical (unpaired) electrons. The van der Waals surface area contributed by atoms with Gasteiger partial charge in [0.05, 0.1) is 5.69 Å². The molecule has 0 aliphatic rings. The van der Waals surface area contributed by atoms with Crippen LogP contribution in [0.5, 0.6) is 0 Å². The maximum absolute atomic E-state index is 5.59. The van der Waals surface area contributed by atoms with Crippen LogP contribution in [0, 0.1) is 0 Å². The second-order valence-electron chi connectivity index (χ2n) is 3.00. The first-order valence-corrected chi connectivity index (χ1v) is 6.34. The number of nitrogens with zero attached hydrogens (tertiary/aromatic N) is 1. The van der Waals surface area contributed by atoms with Gasteiger partial charge in [-0.1, -0.05) is 19.1 Å². The standard InChI is InChI=1S/C10H16N2S2/c1-2-14-8-4-7-12-6-3-5-9(12)10(11)13/h3,5-6H,2,4,7-8H2,1H3,(H2,11,13). The van der Waals surface area contributed by atoms with Crippen LogP contribution >= 0.6 is 24.0 Å². The van der Waals surface area contributed by atoms with Crippen molar-refractivity contribution in [3.63, 3.8) is 0 Å². The first-order chi connectivity index (χ1) is 6.75. The fourth-order valence-electron chi connectivity index (χ4n) is 1.31. The molecular formula is C10H16N2S2. The Morgan fingerprint density at radius 3 is 3.07 bits per heavy atom. The molecule has 0 amide bonds. The van der Waals surface area contributed by atoms with Crippen molar-refractivity contribution in [2.75, 3.05) is 11.5 Å². The lowest BCUT2D eigenvalue weighted by molar-refractivity contribution is 0.684. The third-order valence-corrected chi connectivity index (χ3v) is 3.17. The van der Waals surface area contributed by atoms with E-state index in [1.54, 1.807) is 0 Å². The van der Waals surface area contributed by atoms with E-state index in [0.29, 0.717) is 4.99 Å². The molecule has 0 bridgehead atoms. The Morgan fingerprint density at radius 1 is 1.64 bits per heavy atom. The highest BCUT2D eigenvalue weighted by Crippen LogP contribution is 2.06. The molecule has 0 saturated heterocycles. The number of aryl methyl sites for hydroxylation is 1. The predicted octanol–water partition coefficient (Wildman–Crippen LogP) is 2.27. The molecule has 0 aliphatic heterocycles. The van der Waals surface area contributed by atoms with Gasteiger partial charge >= 0.3 is 0 Å². The highest BCUT2D eigenvalue weighted by atomic mass is 32.2. The molecular weight excluding hydrogens is 212 g/mol. The Hall–Kier alpha value is -0.480. The van der Waals surface area contributed by atoms with Crippen molar-refractivity contribution in [2.45, 2.75) is 19.9 Å². The molecule has 0 aliphatic carbocycles. The summed E-state index contributed by atoms with van der Waals surface area (Å²) in [5.41, 5.74) is 6.57. The fraction of sp³-hybridized carbons (Fsp3) is 0.500. The number of aromatic nitrogens is 1. The molecule has 0 atom stereocenters. The molecule has 0 fully saturated rings. The SMILES string of the molecule is CCSCCCn1cccc1C(N)=S. The van der Waals surface area contributed by atoms with Crippen LogP contribution in [0.3, 0.4) is 0 Å². The van der Waals surface area contributed by atoms with E-state index in [2.05, 4.69) is 11.5 Å². The lowest BCUT2D eigenvalue weighted by atomic mass is 10.4. The summed E-state index contributed by atoms with van der Waals surface area (Å²) >= 11 is 6.92. The van der Waals surface area contributed by atoms with E-state index in [1.807, 2.05) is 30.1 Å². The molecule has 4 heteroatoms. The van der Waals surface area contributed by atoms with E-state index in [-0.39, 0.29) is 0 Å². The summed E-state index contributed by atoms with van der Waals surface area (Å²) in [6.45, 7) is 3.19. The van der Waals surface area contributed by atoms with E-state index < -0.39 is 0 Å². The van der Waals surface area contributed by atoms with Crippen molar-refractivity contribution in [3.05, 3.63) is 24.0 Å². The van der Waals surface area contributed by atoms with Crippen molar-refractivity contribution in [1.82, 2.24) is 4.57 Å². The van der Waals surface area contributed by atoms with Crippen molar-refractivity contribution in [1.29, 1.82) is 0 Å². The predicted molar refractivity (Wildman–Crippen MR) is 67.9 cm³/mol. The van der Waals surface area contributed by atoms with Gasteiger partial charge in [0.2, 0.25) is 0 Å². The van der Waals surface area contributed by atoms with Crippen LogP contribution in [0.4, 0.5) is 0 Å². The van der Waals surface area contributed by atoms with Gasteiger partial charge in [0, 0.05) is 12.7 Å². The molecule has 0 saturated carbocycles. The van der Waals surface area contributed by atoms with Crippen LogP contribution < -0.4 is 5.73 Å². The van der Waals surface area contributed by atoms with Gasteiger partial charge in [0.25, 0.3) is 0 Å². The van der Waals surface area contributed by atoms with Crippen LogP contribution in [0.15, 0.2) is 18.3 Å². The summed E-state index contributed by atoms with van der Waals surface area (Å²) in [5, 5.41) is 0. The zero-order chi connectivity index (χ0) is 10.4. The average molecular weight is 228 g/mol. The maximum atomic E-state index is 5.59. The molecule has 0 unspecified atom stereocenters. The quantitative estimate of drug-likeness (QED) is 0.598. The van der Waals surface area contributed by atoms with E-state index in [4.69, 9.17) is 18.0 Å². The zero-order valence-electron chi connectivity index (χ0n) is 8.40. The maximum Gasteiger partial charge on any atom is 0.120 e. The van der Waals surface area contributed by atoms with Crippen LogP contribution in [0.2, 0.25) is 0 Å². The largest absolute Gasteiger partial charge is 0.388 e. The van der Waals surface area contributed by atoms with Gasteiger partial charge in [0.1, 0.15) is 4.99 Å². The zero-order valence-corrected chi connectivity index (χ0v) is 10.0. The second kappa shape index (κ2) is 6.09. The van der Waals surface area contributed by atoms with Crippen molar-refractivity contribution >= 4 is 29.0 Å². The number of thioether (sulfide) groups is 1. The molecule has 78 valence electrons. The number of hydrogen-bond donors (Lipinski definition) is 1. The van der Waals surface area contributed by atoms with Gasteiger partial charge in [-0.05, 0) is 30.1 Å². The van der Waals surface area contributed by atoms with Crippen LogP contribution in [-0.4, -0.2) is 21.1 Å². The van der Waals surface area contributed by atoms with Crippen LogP contribution in [0.1, 0.15) is 19.0 Å². The summed E-state index contributed by atoms with van der Waals surface area (Å²) in [4.78, 5) is 0.484. The van der Waals surface area contributed by atoms with Crippen molar-refractivity contribution in [2.24, 2.45) is 5.73 Å². The summed E-state index contributed by atoms with van der Waals surface area (Å²) in [6, 6.07) is 3.96. The topological polar surface area (TPSA) is 30.9 Å². The lowest BCUT2D eigenvalue weighted by Gasteiger charge is -2.07. The van der Waals surface area contributed by atoms with Crippen molar-refractivity contribution < 1.29 is 0 Å². The number of hydrogen-bond acceptors (Lipinski definition) is 2. The highest BCUT2D eigenvalue weighted by molar-refractivity contribution is 7.99. The third kappa shape index (κ3) is 3.35. The molecule has 2 nitrogen and oxygen atoms in total. The molecule has 1 aromatic rings. The van der Waals surface area contributed by atoms with Gasteiger partial charge in [-0.25, -0.2) is 0 Å². The van der Waals surface area contributed by atoms with E-state index >= 15 is 0 Å². The minimum absolute atomic E-state index is 0.484. The summed E-state index contributed by atoms with van der Waals surface area (Å²) in [5.74, 6) is 2.39. The highest BCUT2D eigenvalue weighted by Gasteiger charge is 2.02.